The summed E-state index contributed by atoms with van der Waals surface area (Å²) in [5.41, 5.74) is -2.38. The van der Waals surface area contributed by atoms with E-state index in [9.17, 15) is 26.4 Å². The molecule has 2 aromatic heterocycles. The first-order chi connectivity index (χ1) is 14.5. The van der Waals surface area contributed by atoms with E-state index >= 15 is 0 Å². The van der Waals surface area contributed by atoms with Gasteiger partial charge in [0, 0.05) is 68.0 Å². The number of hydrogen-bond donors (Lipinski definition) is 0. The summed E-state index contributed by atoms with van der Waals surface area (Å²) in [7, 11) is -4.01. The van der Waals surface area contributed by atoms with Crippen LogP contribution in [0.4, 0.5) is 13.2 Å². The van der Waals surface area contributed by atoms with E-state index in [0.717, 1.165) is 17.3 Å². The Morgan fingerprint density at radius 2 is 2.00 bits per heavy atom. The van der Waals surface area contributed by atoms with Gasteiger partial charge in [-0.1, -0.05) is 18.2 Å². The molecule has 1 amide bonds. The molecule has 0 unspecified atom stereocenters. The molecule has 0 spiro atoms. The lowest BCUT2D eigenvalue weighted by Gasteiger charge is -2.26. The molecule has 8 nitrogen and oxygen atoms in total. The van der Waals surface area contributed by atoms with Crippen molar-refractivity contribution in [2.24, 2.45) is 7.05 Å². The van der Waals surface area contributed by atoms with Crippen molar-refractivity contribution in [2.75, 3.05) is 6.54 Å². The van der Waals surface area contributed by atoms with Gasteiger partial charge >= 0.3 is 15.6 Å². The second-order valence-corrected chi connectivity index (χ2v) is 8.66. The summed E-state index contributed by atoms with van der Waals surface area (Å²) < 4.78 is 66.2. The third-order valence-electron chi connectivity index (χ3n) is 5.16. The van der Waals surface area contributed by atoms with E-state index in [2.05, 4.69) is 14.3 Å². The number of hydrogen-bond acceptors (Lipinski definition) is 6. The Bertz CT molecular complexity index is 1300. The highest BCUT2D eigenvalue weighted by molar-refractivity contribution is 7.87. The van der Waals surface area contributed by atoms with Gasteiger partial charge in [-0.05, 0) is 5.39 Å². The van der Waals surface area contributed by atoms with Gasteiger partial charge < -0.3 is 9.08 Å². The van der Waals surface area contributed by atoms with Crippen LogP contribution in [0.1, 0.15) is 18.2 Å². The zero-order chi connectivity index (χ0) is 22.6. The summed E-state index contributed by atoms with van der Waals surface area (Å²) in [5, 5.41) is 5.58. The van der Waals surface area contributed by atoms with Gasteiger partial charge in [0.05, 0.1) is 5.69 Å². The van der Waals surface area contributed by atoms with Crippen molar-refractivity contribution in [3.63, 3.8) is 0 Å². The molecule has 0 bridgehead atoms. The van der Waals surface area contributed by atoms with Crippen LogP contribution < -0.4 is 4.18 Å². The molecular formula is C19H17F3N4O4S. The Kier molecular flexibility index (Phi) is 4.91. The highest BCUT2D eigenvalue weighted by atomic mass is 32.2. The molecule has 0 saturated carbocycles. The normalized spacial score (nSPS) is 14.5. The first-order valence-electron chi connectivity index (χ1n) is 9.18. The number of benzene rings is 1. The van der Waals surface area contributed by atoms with E-state index in [1.54, 1.807) is 27.8 Å². The molecule has 3 aromatic rings. The summed E-state index contributed by atoms with van der Waals surface area (Å²) in [6, 6.07) is 6.18. The van der Waals surface area contributed by atoms with Gasteiger partial charge in [0.2, 0.25) is 11.8 Å². The molecule has 0 aliphatic carbocycles. The number of amides is 1. The number of carbonyl (C=O) groups is 1. The molecule has 4 rings (SSSR count). The van der Waals surface area contributed by atoms with Gasteiger partial charge in [-0.15, -0.1) is 0 Å². The van der Waals surface area contributed by atoms with E-state index < -0.39 is 21.5 Å². The lowest BCUT2D eigenvalue weighted by Crippen LogP contribution is -2.34. The summed E-state index contributed by atoms with van der Waals surface area (Å²) in [6.07, 6.45) is 1.90. The Morgan fingerprint density at radius 1 is 1.26 bits per heavy atom. The highest BCUT2D eigenvalue weighted by Crippen LogP contribution is 2.35. The second-order valence-electron chi connectivity index (χ2n) is 7.12. The van der Waals surface area contributed by atoms with Crippen molar-refractivity contribution in [1.29, 1.82) is 0 Å². The van der Waals surface area contributed by atoms with Crippen LogP contribution in [0.3, 0.4) is 0 Å². The first-order valence-corrected chi connectivity index (χ1v) is 10.6. The fourth-order valence-corrected chi connectivity index (χ4v) is 4.05. The average Bonchev–Trinajstić information content (AvgIpc) is 3.02. The number of alkyl halides is 3. The largest absolute Gasteiger partial charge is 0.534 e. The highest BCUT2D eigenvalue weighted by Gasteiger charge is 2.48. The van der Waals surface area contributed by atoms with Crippen molar-refractivity contribution in [3.8, 4) is 17.1 Å². The molecule has 12 heteroatoms. The zero-order valence-electron chi connectivity index (χ0n) is 16.5. The lowest BCUT2D eigenvalue weighted by molar-refractivity contribution is -0.129. The van der Waals surface area contributed by atoms with Crippen LogP contribution in [0.2, 0.25) is 0 Å². The summed E-state index contributed by atoms with van der Waals surface area (Å²) in [4.78, 5) is 17.3. The van der Waals surface area contributed by atoms with E-state index in [1.807, 2.05) is 7.05 Å². The van der Waals surface area contributed by atoms with Crippen molar-refractivity contribution in [1.82, 2.24) is 19.7 Å². The maximum atomic E-state index is 12.6. The van der Waals surface area contributed by atoms with E-state index in [1.165, 1.54) is 13.1 Å². The summed E-state index contributed by atoms with van der Waals surface area (Å²) in [6.45, 7) is 2.48. The molecule has 0 radical (unpaired) electrons. The SMILES string of the molecule is CC(=O)N1CCc2c(c(-c3cccc4cc(OS(=O)(=O)C(F)(F)F)ncc34)nn2C)C1. The van der Waals surface area contributed by atoms with Gasteiger partial charge in [-0.2, -0.15) is 26.7 Å². The predicted molar refractivity (Wildman–Crippen MR) is 104 cm³/mol. The third kappa shape index (κ3) is 3.71. The number of aromatic nitrogens is 3. The maximum absolute atomic E-state index is 12.6. The van der Waals surface area contributed by atoms with Gasteiger partial charge in [0.15, 0.2) is 0 Å². The third-order valence-corrected chi connectivity index (χ3v) is 6.12. The number of halogens is 3. The molecule has 1 aliphatic heterocycles. The zero-order valence-corrected chi connectivity index (χ0v) is 17.3. The van der Waals surface area contributed by atoms with Crippen molar-refractivity contribution < 1.29 is 30.6 Å². The molecule has 0 atom stereocenters. The minimum absolute atomic E-state index is 0.0484. The van der Waals surface area contributed by atoms with Crippen molar-refractivity contribution in [3.05, 3.63) is 41.7 Å². The molecular weight excluding hydrogens is 437 g/mol. The van der Waals surface area contributed by atoms with E-state index in [4.69, 9.17) is 0 Å². The number of carbonyl (C=O) groups excluding carboxylic acids is 1. The Hall–Kier alpha value is -3.15. The minimum atomic E-state index is -5.82. The minimum Gasteiger partial charge on any atom is -0.355 e. The van der Waals surface area contributed by atoms with E-state index in [-0.39, 0.29) is 5.91 Å². The Balaban J connectivity index is 1.78. The standard InChI is InChI=1S/C19H17F3N4O4S/c1-11(27)26-7-6-16-15(10-26)18(24-25(16)2)13-5-3-4-12-8-17(23-9-14(12)13)30-31(28,29)19(20,21)22/h3-5,8-9H,6-7,10H2,1-2H3. The number of aryl methyl sites for hydroxylation is 1. The maximum Gasteiger partial charge on any atom is 0.534 e. The lowest BCUT2D eigenvalue weighted by atomic mass is 9.97. The van der Waals surface area contributed by atoms with Crippen LogP contribution in [0, 0.1) is 0 Å². The molecule has 0 fully saturated rings. The second kappa shape index (κ2) is 7.22. The van der Waals surface area contributed by atoms with Crippen LogP contribution in [-0.2, 0) is 34.9 Å². The van der Waals surface area contributed by atoms with Gasteiger partial charge in [0.1, 0.15) is 0 Å². The average molecular weight is 454 g/mol. The van der Waals surface area contributed by atoms with Crippen LogP contribution in [0.25, 0.3) is 22.0 Å². The molecule has 0 saturated heterocycles. The number of rotatable bonds is 3. The van der Waals surface area contributed by atoms with Gasteiger partial charge in [0.25, 0.3) is 0 Å². The van der Waals surface area contributed by atoms with Gasteiger partial charge in [-0.3, -0.25) is 9.48 Å². The first kappa shape index (κ1) is 21.1. The van der Waals surface area contributed by atoms with E-state index in [0.29, 0.717) is 41.5 Å². The number of fused-ring (bicyclic) bond motifs is 2. The number of nitrogens with zero attached hydrogens (tertiary/aromatic N) is 4. The molecule has 3 heterocycles. The molecule has 31 heavy (non-hydrogen) atoms. The van der Waals surface area contributed by atoms with Crippen LogP contribution in [0.5, 0.6) is 5.88 Å². The van der Waals surface area contributed by atoms with Crippen LogP contribution in [0.15, 0.2) is 30.5 Å². The van der Waals surface area contributed by atoms with Gasteiger partial charge in [-0.25, -0.2) is 4.98 Å². The number of pyridine rings is 1. The molecule has 1 aliphatic rings. The smallest absolute Gasteiger partial charge is 0.355 e. The quantitative estimate of drug-likeness (QED) is 0.446. The predicted octanol–water partition coefficient (Wildman–Crippen LogP) is 2.77. The Labute approximate surface area is 175 Å². The Morgan fingerprint density at radius 3 is 2.68 bits per heavy atom. The molecule has 0 N–H and O–H groups in total. The molecule has 1 aromatic carbocycles. The molecule has 164 valence electrons. The van der Waals surface area contributed by atoms with Crippen LogP contribution in [-0.4, -0.2) is 46.0 Å². The summed E-state index contributed by atoms with van der Waals surface area (Å²) >= 11 is 0. The van der Waals surface area contributed by atoms with Crippen LogP contribution >= 0.6 is 0 Å². The van der Waals surface area contributed by atoms with Crippen molar-refractivity contribution in [2.45, 2.75) is 25.4 Å². The fourth-order valence-electron chi connectivity index (χ4n) is 3.64. The van der Waals surface area contributed by atoms with Crippen molar-refractivity contribution >= 4 is 26.8 Å². The summed E-state index contributed by atoms with van der Waals surface area (Å²) in [5.74, 6) is -0.736. The fraction of sp³-hybridized carbons (Fsp3) is 0.316. The monoisotopic (exact) mass is 454 g/mol. The topological polar surface area (TPSA) is 94.4 Å².